The number of rotatable bonds is 5. The van der Waals surface area contributed by atoms with Crippen molar-refractivity contribution in [3.63, 3.8) is 0 Å². The Hall–Kier alpha value is -4.07. The number of nitrogens with zero attached hydrogens (tertiary/aromatic N) is 5. The summed E-state index contributed by atoms with van der Waals surface area (Å²) in [5.74, 6) is 1.88. The standard InChI is InChI=1S/C22H20N6O2/c1-14-11-15(2)25-22(24-14)28-20(12-16(3)27-28)26-21(29)17-6-8-18(9-7-17)30-19-5-4-10-23-13-19/h4-13H,1-3H3,(H,26,29). The number of nitrogens with one attached hydrogen (secondary N) is 1. The second kappa shape index (κ2) is 8.12. The van der Waals surface area contributed by atoms with Gasteiger partial charge in [0.2, 0.25) is 0 Å². The minimum atomic E-state index is -0.270. The van der Waals surface area contributed by atoms with E-state index in [1.54, 1.807) is 48.8 Å². The van der Waals surface area contributed by atoms with E-state index in [9.17, 15) is 4.79 Å². The lowest BCUT2D eigenvalue weighted by Crippen LogP contribution is -2.16. The number of benzene rings is 1. The molecule has 0 fully saturated rings. The lowest BCUT2D eigenvalue weighted by molar-refractivity contribution is 0.102. The van der Waals surface area contributed by atoms with Crippen LogP contribution >= 0.6 is 0 Å². The molecule has 1 amide bonds. The SMILES string of the molecule is Cc1cc(C)nc(-n2nc(C)cc2NC(=O)c2ccc(Oc3cccnc3)cc2)n1. The highest BCUT2D eigenvalue weighted by molar-refractivity contribution is 6.04. The summed E-state index contributed by atoms with van der Waals surface area (Å²) < 4.78 is 7.24. The molecule has 0 radical (unpaired) electrons. The fourth-order valence-electron chi connectivity index (χ4n) is 2.95. The highest BCUT2D eigenvalue weighted by atomic mass is 16.5. The van der Waals surface area contributed by atoms with Gasteiger partial charge >= 0.3 is 0 Å². The summed E-state index contributed by atoms with van der Waals surface area (Å²) in [7, 11) is 0. The van der Waals surface area contributed by atoms with Gasteiger partial charge < -0.3 is 10.1 Å². The first-order valence-corrected chi connectivity index (χ1v) is 9.36. The van der Waals surface area contributed by atoms with E-state index in [1.165, 1.54) is 4.68 Å². The number of hydrogen-bond acceptors (Lipinski definition) is 6. The molecule has 150 valence electrons. The van der Waals surface area contributed by atoms with Gasteiger partial charge in [-0.05, 0) is 63.2 Å². The van der Waals surface area contributed by atoms with E-state index in [0.717, 1.165) is 17.1 Å². The van der Waals surface area contributed by atoms with Crippen LogP contribution in [0, 0.1) is 20.8 Å². The third-order valence-corrected chi connectivity index (χ3v) is 4.22. The molecular formula is C22H20N6O2. The van der Waals surface area contributed by atoms with E-state index in [4.69, 9.17) is 4.74 Å². The van der Waals surface area contributed by atoms with Crippen LogP contribution in [0.3, 0.4) is 0 Å². The van der Waals surface area contributed by atoms with Gasteiger partial charge in [-0.1, -0.05) is 0 Å². The number of aryl methyl sites for hydroxylation is 3. The zero-order chi connectivity index (χ0) is 21.1. The monoisotopic (exact) mass is 400 g/mol. The van der Waals surface area contributed by atoms with Crippen molar-refractivity contribution >= 4 is 11.7 Å². The Labute approximate surface area is 173 Å². The molecule has 0 saturated carbocycles. The van der Waals surface area contributed by atoms with Crippen LogP contribution in [0.2, 0.25) is 0 Å². The van der Waals surface area contributed by atoms with E-state index in [1.807, 2.05) is 32.9 Å². The van der Waals surface area contributed by atoms with E-state index in [0.29, 0.717) is 28.8 Å². The average Bonchev–Trinajstić information content (AvgIpc) is 3.08. The smallest absolute Gasteiger partial charge is 0.256 e. The summed E-state index contributed by atoms with van der Waals surface area (Å²) in [6.45, 7) is 5.63. The maximum atomic E-state index is 12.8. The molecule has 0 saturated heterocycles. The molecule has 8 heteroatoms. The Balaban J connectivity index is 1.53. The topological polar surface area (TPSA) is 94.8 Å². The van der Waals surface area contributed by atoms with Crippen LogP contribution in [0.5, 0.6) is 11.5 Å². The minimum Gasteiger partial charge on any atom is -0.456 e. The van der Waals surface area contributed by atoms with Gasteiger partial charge in [-0.25, -0.2) is 9.97 Å². The number of hydrogen-bond donors (Lipinski definition) is 1. The predicted octanol–water partition coefficient (Wildman–Crippen LogP) is 4.03. The number of pyridine rings is 1. The van der Waals surface area contributed by atoms with Gasteiger partial charge in [0.15, 0.2) is 0 Å². The zero-order valence-electron chi connectivity index (χ0n) is 16.8. The first kappa shape index (κ1) is 19.3. The van der Waals surface area contributed by atoms with Crippen molar-refractivity contribution in [2.24, 2.45) is 0 Å². The van der Waals surface area contributed by atoms with E-state index >= 15 is 0 Å². The normalized spacial score (nSPS) is 10.6. The Kier molecular flexibility index (Phi) is 5.21. The number of ether oxygens (including phenoxy) is 1. The summed E-state index contributed by atoms with van der Waals surface area (Å²) in [6.07, 6.45) is 3.30. The van der Waals surface area contributed by atoms with E-state index in [2.05, 4.69) is 25.4 Å². The number of carbonyl (C=O) groups is 1. The third kappa shape index (κ3) is 4.33. The number of anilines is 1. The predicted molar refractivity (Wildman–Crippen MR) is 112 cm³/mol. The quantitative estimate of drug-likeness (QED) is 0.544. The van der Waals surface area contributed by atoms with Gasteiger partial charge in [0, 0.05) is 29.2 Å². The van der Waals surface area contributed by atoms with Gasteiger partial charge in [-0.2, -0.15) is 9.78 Å². The van der Waals surface area contributed by atoms with E-state index < -0.39 is 0 Å². The molecular weight excluding hydrogens is 380 g/mol. The van der Waals surface area contributed by atoms with Crippen molar-refractivity contribution < 1.29 is 9.53 Å². The summed E-state index contributed by atoms with van der Waals surface area (Å²) in [4.78, 5) is 25.6. The average molecular weight is 400 g/mol. The van der Waals surface area contributed by atoms with Gasteiger partial charge in [-0.15, -0.1) is 0 Å². The van der Waals surface area contributed by atoms with Gasteiger partial charge in [0.05, 0.1) is 11.9 Å². The molecule has 0 spiro atoms. The molecule has 0 aliphatic heterocycles. The lowest BCUT2D eigenvalue weighted by Gasteiger charge is -2.09. The second-order valence-corrected chi connectivity index (χ2v) is 6.80. The van der Waals surface area contributed by atoms with Crippen LogP contribution in [-0.2, 0) is 0 Å². The molecule has 0 unspecified atom stereocenters. The van der Waals surface area contributed by atoms with Gasteiger partial charge in [-0.3, -0.25) is 9.78 Å². The Bertz CT molecular complexity index is 1170. The van der Waals surface area contributed by atoms with Crippen LogP contribution in [-0.4, -0.2) is 30.6 Å². The molecule has 4 aromatic rings. The zero-order valence-corrected chi connectivity index (χ0v) is 16.8. The van der Waals surface area contributed by atoms with Crippen LogP contribution < -0.4 is 10.1 Å². The van der Waals surface area contributed by atoms with Crippen LogP contribution in [0.1, 0.15) is 27.4 Å². The van der Waals surface area contributed by atoms with Crippen molar-refractivity contribution in [2.75, 3.05) is 5.32 Å². The molecule has 1 aromatic carbocycles. The first-order chi connectivity index (χ1) is 14.5. The molecule has 0 bridgehead atoms. The fourth-order valence-corrected chi connectivity index (χ4v) is 2.95. The maximum Gasteiger partial charge on any atom is 0.256 e. The minimum absolute atomic E-state index is 0.270. The maximum absolute atomic E-state index is 12.8. The van der Waals surface area contributed by atoms with Crippen molar-refractivity contribution in [1.29, 1.82) is 0 Å². The van der Waals surface area contributed by atoms with Crippen molar-refractivity contribution in [1.82, 2.24) is 24.7 Å². The van der Waals surface area contributed by atoms with E-state index in [-0.39, 0.29) is 5.91 Å². The molecule has 4 rings (SSSR count). The largest absolute Gasteiger partial charge is 0.456 e. The summed E-state index contributed by atoms with van der Waals surface area (Å²) >= 11 is 0. The number of amides is 1. The fraction of sp³-hybridized carbons (Fsp3) is 0.136. The molecule has 1 N–H and O–H groups in total. The molecule has 3 aromatic heterocycles. The summed E-state index contributed by atoms with van der Waals surface area (Å²) in [5, 5.41) is 7.31. The van der Waals surface area contributed by atoms with Crippen molar-refractivity contribution in [3.8, 4) is 17.4 Å². The van der Waals surface area contributed by atoms with Crippen molar-refractivity contribution in [2.45, 2.75) is 20.8 Å². The summed E-state index contributed by atoms with van der Waals surface area (Å²) in [5.41, 5.74) is 2.88. The van der Waals surface area contributed by atoms with Crippen LogP contribution in [0.15, 0.2) is 60.9 Å². The lowest BCUT2D eigenvalue weighted by atomic mass is 10.2. The van der Waals surface area contributed by atoms with Crippen LogP contribution in [0.4, 0.5) is 5.82 Å². The Morgan fingerprint density at radius 2 is 1.67 bits per heavy atom. The molecule has 0 aliphatic carbocycles. The summed E-state index contributed by atoms with van der Waals surface area (Å²) in [6, 6.07) is 14.1. The Morgan fingerprint density at radius 1 is 0.933 bits per heavy atom. The Morgan fingerprint density at radius 3 is 2.33 bits per heavy atom. The highest BCUT2D eigenvalue weighted by Crippen LogP contribution is 2.21. The molecule has 3 heterocycles. The third-order valence-electron chi connectivity index (χ3n) is 4.22. The number of aromatic nitrogens is 5. The molecule has 30 heavy (non-hydrogen) atoms. The van der Waals surface area contributed by atoms with Gasteiger partial charge in [0.25, 0.3) is 11.9 Å². The molecule has 8 nitrogen and oxygen atoms in total. The highest BCUT2D eigenvalue weighted by Gasteiger charge is 2.15. The van der Waals surface area contributed by atoms with Crippen molar-refractivity contribution in [3.05, 3.63) is 83.6 Å². The molecule has 0 atom stereocenters. The number of carbonyl (C=O) groups excluding carboxylic acids is 1. The first-order valence-electron chi connectivity index (χ1n) is 9.36. The van der Waals surface area contributed by atoms with Crippen LogP contribution in [0.25, 0.3) is 5.95 Å². The second-order valence-electron chi connectivity index (χ2n) is 6.80. The van der Waals surface area contributed by atoms with Gasteiger partial charge in [0.1, 0.15) is 17.3 Å². The molecule has 0 aliphatic rings.